The smallest absolute Gasteiger partial charge is 0.306 e. The average molecular weight is 368 g/mol. The summed E-state index contributed by atoms with van der Waals surface area (Å²) in [6, 6.07) is 8.03. The molecular formula is C20H24N4O3. The topological polar surface area (TPSA) is 97.1 Å². The number of carbonyl (C=O) groups excluding carboxylic acids is 1. The van der Waals surface area contributed by atoms with Gasteiger partial charge >= 0.3 is 5.97 Å². The molecule has 27 heavy (non-hydrogen) atoms. The summed E-state index contributed by atoms with van der Waals surface area (Å²) in [5, 5.41) is 20.6. The molecule has 4 rings (SSSR count). The van der Waals surface area contributed by atoms with Crippen LogP contribution in [0.1, 0.15) is 66.2 Å². The maximum Gasteiger partial charge on any atom is 0.306 e. The Labute approximate surface area is 157 Å². The number of aryl methyl sites for hydroxylation is 1. The number of aromatic nitrogens is 3. The second-order valence-corrected chi connectivity index (χ2v) is 7.71. The van der Waals surface area contributed by atoms with Gasteiger partial charge in [0.15, 0.2) is 5.69 Å². The van der Waals surface area contributed by atoms with Crippen molar-refractivity contribution in [3.63, 3.8) is 0 Å². The van der Waals surface area contributed by atoms with Crippen molar-refractivity contribution in [1.82, 2.24) is 20.3 Å². The predicted molar refractivity (Wildman–Crippen MR) is 98.9 cm³/mol. The first kappa shape index (κ1) is 17.7. The van der Waals surface area contributed by atoms with Crippen LogP contribution in [0, 0.1) is 12.8 Å². The summed E-state index contributed by atoms with van der Waals surface area (Å²) < 4.78 is 1.79. The van der Waals surface area contributed by atoms with Gasteiger partial charge in [0.05, 0.1) is 17.3 Å². The normalized spacial score (nSPS) is 22.4. The van der Waals surface area contributed by atoms with Gasteiger partial charge in [-0.25, -0.2) is 4.68 Å². The van der Waals surface area contributed by atoms with E-state index < -0.39 is 5.97 Å². The molecular weight excluding hydrogens is 344 g/mol. The van der Waals surface area contributed by atoms with Gasteiger partial charge in [-0.3, -0.25) is 9.59 Å². The molecule has 0 atom stereocenters. The van der Waals surface area contributed by atoms with Crippen LogP contribution in [0.3, 0.4) is 0 Å². The molecule has 2 aliphatic carbocycles. The number of carboxylic acids is 1. The lowest BCUT2D eigenvalue weighted by atomic mass is 9.86. The van der Waals surface area contributed by atoms with E-state index in [1.807, 2.05) is 31.2 Å². The van der Waals surface area contributed by atoms with Crippen molar-refractivity contribution in [3.8, 4) is 5.69 Å². The molecule has 2 aromatic rings. The van der Waals surface area contributed by atoms with E-state index in [4.69, 9.17) is 5.11 Å². The number of nitrogens with zero attached hydrogens (tertiary/aromatic N) is 3. The van der Waals surface area contributed by atoms with Gasteiger partial charge in [-0.2, -0.15) is 0 Å². The minimum Gasteiger partial charge on any atom is -0.481 e. The van der Waals surface area contributed by atoms with Crippen LogP contribution in [-0.2, 0) is 4.79 Å². The zero-order valence-corrected chi connectivity index (χ0v) is 15.4. The van der Waals surface area contributed by atoms with Crippen LogP contribution in [0.25, 0.3) is 5.69 Å². The van der Waals surface area contributed by atoms with Crippen LogP contribution in [0.5, 0.6) is 0 Å². The number of aliphatic carboxylic acids is 1. The molecule has 0 aliphatic heterocycles. The summed E-state index contributed by atoms with van der Waals surface area (Å²) >= 11 is 0. The van der Waals surface area contributed by atoms with Gasteiger partial charge < -0.3 is 10.4 Å². The zero-order valence-electron chi connectivity index (χ0n) is 15.4. The lowest BCUT2D eigenvalue weighted by molar-refractivity contribution is -0.142. The Morgan fingerprint density at radius 1 is 1.07 bits per heavy atom. The summed E-state index contributed by atoms with van der Waals surface area (Å²) in [5.41, 5.74) is 3.37. The van der Waals surface area contributed by atoms with Gasteiger partial charge in [-0.15, -0.1) is 5.10 Å². The molecule has 0 unspecified atom stereocenters. The van der Waals surface area contributed by atoms with E-state index >= 15 is 0 Å². The number of carbonyl (C=O) groups is 2. The van der Waals surface area contributed by atoms with Crippen molar-refractivity contribution in [2.45, 2.75) is 57.4 Å². The lowest BCUT2D eigenvalue weighted by Crippen LogP contribution is -2.39. The third kappa shape index (κ3) is 3.72. The highest BCUT2D eigenvalue weighted by Gasteiger charge is 2.35. The van der Waals surface area contributed by atoms with Crippen molar-refractivity contribution < 1.29 is 14.7 Å². The number of benzene rings is 1. The molecule has 2 saturated carbocycles. The Balaban J connectivity index is 1.51. The Morgan fingerprint density at radius 3 is 2.33 bits per heavy atom. The average Bonchev–Trinajstić information content (AvgIpc) is 3.41. The second-order valence-electron chi connectivity index (χ2n) is 7.71. The highest BCUT2D eigenvalue weighted by molar-refractivity contribution is 5.94. The van der Waals surface area contributed by atoms with Crippen LogP contribution in [0.2, 0.25) is 0 Å². The van der Waals surface area contributed by atoms with Gasteiger partial charge in [0.2, 0.25) is 0 Å². The van der Waals surface area contributed by atoms with E-state index in [0.29, 0.717) is 37.3 Å². The minimum absolute atomic E-state index is 0.00433. The Bertz CT molecular complexity index is 847. The van der Waals surface area contributed by atoms with Crippen molar-refractivity contribution in [1.29, 1.82) is 0 Å². The van der Waals surface area contributed by atoms with E-state index in [1.54, 1.807) is 4.68 Å². The SMILES string of the molecule is Cc1ccc(-n2nnc(C(=O)NC3CCC(C(=O)O)CC3)c2C2CC2)cc1. The molecule has 1 aromatic carbocycles. The molecule has 1 amide bonds. The summed E-state index contributed by atoms with van der Waals surface area (Å²) in [6.45, 7) is 2.03. The summed E-state index contributed by atoms with van der Waals surface area (Å²) in [7, 11) is 0. The van der Waals surface area contributed by atoms with Gasteiger partial charge in [-0.1, -0.05) is 22.9 Å². The quantitative estimate of drug-likeness (QED) is 0.846. The van der Waals surface area contributed by atoms with Crippen molar-refractivity contribution >= 4 is 11.9 Å². The molecule has 142 valence electrons. The second kappa shape index (κ2) is 7.13. The molecule has 0 radical (unpaired) electrons. The maximum atomic E-state index is 12.8. The molecule has 1 heterocycles. The molecule has 7 heteroatoms. The van der Waals surface area contributed by atoms with E-state index in [9.17, 15) is 9.59 Å². The number of hydrogen-bond acceptors (Lipinski definition) is 4. The third-order valence-electron chi connectivity index (χ3n) is 5.57. The maximum absolute atomic E-state index is 12.8. The molecule has 0 saturated heterocycles. The molecule has 2 aliphatic rings. The van der Waals surface area contributed by atoms with Crippen LogP contribution in [-0.4, -0.2) is 38.0 Å². The number of nitrogens with one attached hydrogen (secondary N) is 1. The fourth-order valence-electron chi connectivity index (χ4n) is 3.79. The summed E-state index contributed by atoms with van der Waals surface area (Å²) in [4.78, 5) is 23.9. The van der Waals surface area contributed by atoms with Gasteiger partial charge in [0.1, 0.15) is 0 Å². The fourth-order valence-corrected chi connectivity index (χ4v) is 3.79. The van der Waals surface area contributed by atoms with Crippen LogP contribution in [0.15, 0.2) is 24.3 Å². The highest BCUT2D eigenvalue weighted by Crippen LogP contribution is 2.42. The fraction of sp³-hybridized carbons (Fsp3) is 0.500. The summed E-state index contributed by atoms with van der Waals surface area (Å²) in [5.74, 6) is -0.904. The number of carboxylic acid groups (broad SMARTS) is 1. The van der Waals surface area contributed by atoms with E-state index in [2.05, 4.69) is 15.6 Å². The molecule has 1 aromatic heterocycles. The largest absolute Gasteiger partial charge is 0.481 e. The van der Waals surface area contributed by atoms with Crippen LogP contribution >= 0.6 is 0 Å². The molecule has 2 fully saturated rings. The molecule has 7 nitrogen and oxygen atoms in total. The highest BCUT2D eigenvalue weighted by atomic mass is 16.4. The molecule has 0 bridgehead atoms. The lowest BCUT2D eigenvalue weighted by Gasteiger charge is -2.26. The molecule has 2 N–H and O–H groups in total. The predicted octanol–water partition coefficient (Wildman–Crippen LogP) is 2.83. The zero-order chi connectivity index (χ0) is 19.0. The number of amides is 1. The van der Waals surface area contributed by atoms with Crippen LogP contribution in [0.4, 0.5) is 0 Å². The standard InChI is InChI=1S/C20H24N4O3/c1-12-2-10-16(11-3-12)24-18(13-4-5-13)17(22-23-24)19(25)21-15-8-6-14(7-9-15)20(26)27/h2-3,10-11,13-15H,4-9H2,1H3,(H,21,25)(H,26,27). The van der Waals surface area contributed by atoms with Crippen molar-refractivity contribution in [2.75, 3.05) is 0 Å². The van der Waals surface area contributed by atoms with E-state index in [-0.39, 0.29) is 17.9 Å². The van der Waals surface area contributed by atoms with Crippen LogP contribution < -0.4 is 5.32 Å². The Kier molecular flexibility index (Phi) is 4.68. The van der Waals surface area contributed by atoms with Crippen molar-refractivity contribution in [2.24, 2.45) is 5.92 Å². The van der Waals surface area contributed by atoms with Gasteiger partial charge in [0, 0.05) is 12.0 Å². The first-order chi connectivity index (χ1) is 13.0. The Hall–Kier alpha value is -2.70. The Morgan fingerprint density at radius 2 is 1.74 bits per heavy atom. The third-order valence-corrected chi connectivity index (χ3v) is 5.57. The minimum atomic E-state index is -0.739. The van der Waals surface area contributed by atoms with Gasteiger partial charge in [0.25, 0.3) is 5.91 Å². The summed E-state index contributed by atoms with van der Waals surface area (Å²) in [6.07, 6.45) is 4.67. The van der Waals surface area contributed by atoms with Crippen molar-refractivity contribution in [3.05, 3.63) is 41.2 Å². The van der Waals surface area contributed by atoms with Gasteiger partial charge in [-0.05, 0) is 57.6 Å². The van der Waals surface area contributed by atoms with E-state index in [0.717, 1.165) is 24.2 Å². The first-order valence-electron chi connectivity index (χ1n) is 9.59. The monoisotopic (exact) mass is 368 g/mol. The number of rotatable bonds is 5. The molecule has 0 spiro atoms. The first-order valence-corrected chi connectivity index (χ1v) is 9.59. The van der Waals surface area contributed by atoms with E-state index in [1.165, 1.54) is 5.56 Å². The number of hydrogen-bond donors (Lipinski definition) is 2.